The fourth-order valence-corrected chi connectivity index (χ4v) is 2.64. The molecule has 1 aliphatic rings. The van der Waals surface area contributed by atoms with Crippen molar-refractivity contribution in [3.05, 3.63) is 34.9 Å². The van der Waals surface area contributed by atoms with Crippen molar-refractivity contribution in [2.75, 3.05) is 7.05 Å². The third-order valence-corrected chi connectivity index (χ3v) is 3.40. The van der Waals surface area contributed by atoms with Gasteiger partial charge < -0.3 is 5.32 Å². The van der Waals surface area contributed by atoms with Gasteiger partial charge in [0.25, 0.3) is 0 Å². The summed E-state index contributed by atoms with van der Waals surface area (Å²) in [6, 6.07) is 8.90. The summed E-state index contributed by atoms with van der Waals surface area (Å²) in [5.74, 6) is 0.652. The van der Waals surface area contributed by atoms with E-state index >= 15 is 0 Å². The van der Waals surface area contributed by atoms with E-state index in [2.05, 4.69) is 17.4 Å². The average Bonchev–Trinajstić information content (AvgIpc) is 2.65. The first-order chi connectivity index (χ1) is 6.81. The molecule has 2 heteroatoms. The summed E-state index contributed by atoms with van der Waals surface area (Å²) in [5, 5.41) is 4.24. The Hall–Kier alpha value is -0.530. The monoisotopic (exact) mass is 209 g/mol. The van der Waals surface area contributed by atoms with Crippen LogP contribution in [0, 0.1) is 0 Å². The van der Waals surface area contributed by atoms with Crippen molar-refractivity contribution in [1.29, 1.82) is 0 Å². The van der Waals surface area contributed by atoms with Crippen molar-refractivity contribution in [2.45, 2.75) is 31.2 Å². The average molecular weight is 210 g/mol. The van der Waals surface area contributed by atoms with Crippen LogP contribution in [0.25, 0.3) is 0 Å². The molecule has 0 bridgehead atoms. The van der Waals surface area contributed by atoms with Gasteiger partial charge in [0.2, 0.25) is 0 Å². The van der Waals surface area contributed by atoms with E-state index < -0.39 is 0 Å². The summed E-state index contributed by atoms with van der Waals surface area (Å²) >= 11 is 5.99. The summed E-state index contributed by atoms with van der Waals surface area (Å²) in [7, 11) is 2.05. The number of benzene rings is 1. The molecule has 0 amide bonds. The number of rotatable bonds is 2. The number of hydrogen-bond acceptors (Lipinski definition) is 1. The molecular formula is C12H16ClN. The Balaban J connectivity index is 2.21. The molecule has 1 aromatic carbocycles. The normalized spacial score (nSPS) is 26.7. The van der Waals surface area contributed by atoms with Crippen LogP contribution >= 0.6 is 11.6 Å². The van der Waals surface area contributed by atoms with Crippen LogP contribution < -0.4 is 5.32 Å². The third kappa shape index (κ3) is 1.94. The highest BCUT2D eigenvalue weighted by atomic mass is 35.5. The minimum Gasteiger partial charge on any atom is -0.316 e. The van der Waals surface area contributed by atoms with Crippen LogP contribution in [0.1, 0.15) is 30.7 Å². The Morgan fingerprint density at radius 2 is 2.21 bits per heavy atom. The summed E-state index contributed by atoms with van der Waals surface area (Å²) in [4.78, 5) is 0. The van der Waals surface area contributed by atoms with Gasteiger partial charge in [0.1, 0.15) is 0 Å². The molecule has 0 saturated heterocycles. The second kappa shape index (κ2) is 4.33. The van der Waals surface area contributed by atoms with Gasteiger partial charge >= 0.3 is 0 Å². The van der Waals surface area contributed by atoms with Crippen molar-refractivity contribution < 1.29 is 0 Å². The number of halogens is 1. The fourth-order valence-electron chi connectivity index (χ4n) is 2.44. The van der Waals surface area contributed by atoms with Gasteiger partial charge in [-0.05, 0) is 43.5 Å². The molecule has 0 radical (unpaired) electrons. The van der Waals surface area contributed by atoms with Crippen LogP contribution in [-0.4, -0.2) is 13.1 Å². The zero-order valence-electron chi connectivity index (χ0n) is 8.46. The van der Waals surface area contributed by atoms with Gasteiger partial charge in [-0.1, -0.05) is 30.2 Å². The van der Waals surface area contributed by atoms with Gasteiger partial charge in [-0.25, -0.2) is 0 Å². The Morgan fingerprint density at radius 3 is 2.93 bits per heavy atom. The summed E-state index contributed by atoms with van der Waals surface area (Å²) in [6.45, 7) is 0. The maximum Gasteiger partial charge on any atom is 0.0408 e. The minimum atomic E-state index is 0.633. The van der Waals surface area contributed by atoms with Crippen molar-refractivity contribution in [1.82, 2.24) is 5.32 Å². The molecular weight excluding hydrogens is 194 g/mol. The Kier molecular flexibility index (Phi) is 3.09. The Bertz CT molecular complexity index is 311. The third-order valence-electron chi connectivity index (χ3n) is 3.16. The first-order valence-corrected chi connectivity index (χ1v) is 5.62. The van der Waals surface area contributed by atoms with E-state index in [0.29, 0.717) is 12.0 Å². The summed E-state index contributed by atoms with van der Waals surface area (Å²) in [5.41, 5.74) is 1.38. The zero-order chi connectivity index (χ0) is 9.97. The number of hydrogen-bond donors (Lipinski definition) is 1. The maximum atomic E-state index is 5.99. The maximum absolute atomic E-state index is 5.99. The highest BCUT2D eigenvalue weighted by Crippen LogP contribution is 2.35. The molecule has 2 unspecified atom stereocenters. The predicted molar refractivity (Wildman–Crippen MR) is 60.9 cm³/mol. The molecule has 1 aromatic rings. The van der Waals surface area contributed by atoms with Crippen LogP contribution in [0.3, 0.4) is 0 Å². The van der Waals surface area contributed by atoms with Gasteiger partial charge in [-0.3, -0.25) is 0 Å². The molecule has 1 saturated carbocycles. The Morgan fingerprint density at radius 1 is 1.36 bits per heavy atom. The lowest BCUT2D eigenvalue weighted by Crippen LogP contribution is -2.27. The molecule has 0 spiro atoms. The van der Waals surface area contributed by atoms with E-state index in [9.17, 15) is 0 Å². The number of likely N-dealkylation sites (N-methyl/N-ethyl adjacent to an activating group) is 1. The standard InChI is InChI=1S/C12H16ClN/c1-14-12-7-3-6-11(12)9-4-2-5-10(13)8-9/h2,4-5,8,11-12,14H,3,6-7H2,1H3. The molecule has 1 N–H and O–H groups in total. The molecule has 2 atom stereocenters. The second-order valence-electron chi connectivity index (χ2n) is 3.99. The summed E-state index contributed by atoms with van der Waals surface area (Å²) < 4.78 is 0. The van der Waals surface area contributed by atoms with E-state index in [0.717, 1.165) is 5.02 Å². The van der Waals surface area contributed by atoms with Gasteiger partial charge in [0, 0.05) is 11.1 Å². The molecule has 14 heavy (non-hydrogen) atoms. The first-order valence-electron chi connectivity index (χ1n) is 5.24. The van der Waals surface area contributed by atoms with Crippen LogP contribution in [0.5, 0.6) is 0 Å². The molecule has 0 aliphatic heterocycles. The highest BCUT2D eigenvalue weighted by Gasteiger charge is 2.26. The van der Waals surface area contributed by atoms with E-state index in [1.54, 1.807) is 0 Å². The molecule has 1 nitrogen and oxygen atoms in total. The van der Waals surface area contributed by atoms with Gasteiger partial charge in [-0.2, -0.15) is 0 Å². The smallest absolute Gasteiger partial charge is 0.0408 e. The second-order valence-corrected chi connectivity index (χ2v) is 4.42. The SMILES string of the molecule is CNC1CCCC1c1cccc(Cl)c1. The van der Waals surface area contributed by atoms with E-state index in [1.165, 1.54) is 24.8 Å². The van der Waals surface area contributed by atoms with Crippen LogP contribution in [0.2, 0.25) is 5.02 Å². The molecule has 76 valence electrons. The zero-order valence-corrected chi connectivity index (χ0v) is 9.22. The summed E-state index contributed by atoms with van der Waals surface area (Å²) in [6.07, 6.45) is 3.89. The topological polar surface area (TPSA) is 12.0 Å². The van der Waals surface area contributed by atoms with Gasteiger partial charge in [-0.15, -0.1) is 0 Å². The Labute approximate surface area is 90.5 Å². The van der Waals surface area contributed by atoms with Crippen molar-refractivity contribution in [3.8, 4) is 0 Å². The van der Waals surface area contributed by atoms with E-state index in [4.69, 9.17) is 11.6 Å². The van der Waals surface area contributed by atoms with Crippen molar-refractivity contribution in [2.24, 2.45) is 0 Å². The van der Waals surface area contributed by atoms with Crippen molar-refractivity contribution >= 4 is 11.6 Å². The van der Waals surface area contributed by atoms with Crippen molar-refractivity contribution in [3.63, 3.8) is 0 Å². The largest absolute Gasteiger partial charge is 0.316 e. The quantitative estimate of drug-likeness (QED) is 0.789. The molecule has 1 aliphatic carbocycles. The minimum absolute atomic E-state index is 0.633. The lowest BCUT2D eigenvalue weighted by Gasteiger charge is -2.19. The molecule has 0 aromatic heterocycles. The van der Waals surface area contributed by atoms with Gasteiger partial charge in [0.05, 0.1) is 0 Å². The molecule has 0 heterocycles. The van der Waals surface area contributed by atoms with E-state index in [1.807, 2.05) is 19.2 Å². The van der Waals surface area contributed by atoms with Crippen LogP contribution in [-0.2, 0) is 0 Å². The van der Waals surface area contributed by atoms with Crippen LogP contribution in [0.4, 0.5) is 0 Å². The molecule has 1 fully saturated rings. The predicted octanol–water partition coefficient (Wildman–Crippen LogP) is 3.20. The lowest BCUT2D eigenvalue weighted by molar-refractivity contribution is 0.522. The highest BCUT2D eigenvalue weighted by molar-refractivity contribution is 6.30. The number of nitrogens with one attached hydrogen (secondary N) is 1. The van der Waals surface area contributed by atoms with Gasteiger partial charge in [0.15, 0.2) is 0 Å². The lowest BCUT2D eigenvalue weighted by atomic mass is 9.94. The fraction of sp³-hybridized carbons (Fsp3) is 0.500. The first kappa shape index (κ1) is 10.0. The van der Waals surface area contributed by atoms with Crippen LogP contribution in [0.15, 0.2) is 24.3 Å². The van der Waals surface area contributed by atoms with E-state index in [-0.39, 0.29) is 0 Å². The molecule has 2 rings (SSSR count).